The lowest BCUT2D eigenvalue weighted by Crippen LogP contribution is -1.93. The Labute approximate surface area is 72.9 Å². The van der Waals surface area contributed by atoms with Crippen LogP contribution in [0.2, 0.25) is 0 Å². The molecule has 66 valence electrons. The number of hydrogen-bond donors (Lipinski definition) is 0. The van der Waals surface area contributed by atoms with Crippen molar-refractivity contribution in [3.63, 3.8) is 0 Å². The Bertz CT molecular complexity index is 214. The van der Waals surface area contributed by atoms with E-state index >= 15 is 0 Å². The highest BCUT2D eigenvalue weighted by atomic mass is 16.5. The van der Waals surface area contributed by atoms with Gasteiger partial charge in [-0.15, -0.1) is 0 Å². The van der Waals surface area contributed by atoms with Crippen LogP contribution in [-0.4, -0.2) is 5.97 Å². The highest BCUT2D eigenvalue weighted by Crippen LogP contribution is 2.16. The molecule has 0 bridgehead atoms. The Kier molecular flexibility index (Phi) is 3.58. The number of cyclic esters (lactones) is 1. The molecule has 0 radical (unpaired) electrons. The third-order valence-electron chi connectivity index (χ3n) is 1.70. The highest BCUT2D eigenvalue weighted by molar-refractivity contribution is 5.75. The van der Waals surface area contributed by atoms with E-state index < -0.39 is 0 Å². The first-order valence-corrected chi connectivity index (χ1v) is 4.37. The molecule has 0 saturated heterocycles. The van der Waals surface area contributed by atoms with Gasteiger partial charge < -0.3 is 4.74 Å². The molecule has 0 fully saturated rings. The molecule has 0 aromatic carbocycles. The maximum absolute atomic E-state index is 10.7. The SMILES string of the molecule is CC/C=C\CCC1=CCC(=O)O1. The Morgan fingerprint density at radius 2 is 2.42 bits per heavy atom. The molecule has 0 aromatic heterocycles. The van der Waals surface area contributed by atoms with Gasteiger partial charge in [0.25, 0.3) is 0 Å². The summed E-state index contributed by atoms with van der Waals surface area (Å²) >= 11 is 0. The van der Waals surface area contributed by atoms with E-state index in [-0.39, 0.29) is 5.97 Å². The minimum Gasteiger partial charge on any atom is -0.431 e. The lowest BCUT2D eigenvalue weighted by Gasteiger charge is -1.97. The second-order valence-electron chi connectivity index (χ2n) is 2.77. The minimum absolute atomic E-state index is 0.121. The summed E-state index contributed by atoms with van der Waals surface area (Å²) in [7, 11) is 0. The van der Waals surface area contributed by atoms with E-state index in [4.69, 9.17) is 4.74 Å². The van der Waals surface area contributed by atoms with Crippen molar-refractivity contribution in [2.24, 2.45) is 0 Å². The summed E-state index contributed by atoms with van der Waals surface area (Å²) in [5.41, 5.74) is 0. The monoisotopic (exact) mass is 166 g/mol. The number of allylic oxidation sites excluding steroid dienone is 3. The van der Waals surface area contributed by atoms with Gasteiger partial charge in [-0.25, -0.2) is 0 Å². The van der Waals surface area contributed by atoms with E-state index in [0.29, 0.717) is 6.42 Å². The van der Waals surface area contributed by atoms with Crippen molar-refractivity contribution in [1.29, 1.82) is 0 Å². The number of hydrogen-bond acceptors (Lipinski definition) is 2. The van der Waals surface area contributed by atoms with Gasteiger partial charge in [0.05, 0.1) is 6.42 Å². The number of esters is 1. The molecule has 0 aromatic rings. The van der Waals surface area contributed by atoms with Gasteiger partial charge >= 0.3 is 5.97 Å². The largest absolute Gasteiger partial charge is 0.431 e. The van der Waals surface area contributed by atoms with Crippen molar-refractivity contribution in [1.82, 2.24) is 0 Å². The van der Waals surface area contributed by atoms with Crippen molar-refractivity contribution >= 4 is 5.97 Å². The molecule has 12 heavy (non-hydrogen) atoms. The fourth-order valence-electron chi connectivity index (χ4n) is 1.09. The second-order valence-corrected chi connectivity index (χ2v) is 2.77. The average Bonchev–Trinajstić information content (AvgIpc) is 2.45. The molecule has 1 aliphatic rings. The third-order valence-corrected chi connectivity index (χ3v) is 1.70. The molecule has 0 spiro atoms. The predicted octanol–water partition coefficient (Wildman–Crippen LogP) is 2.56. The van der Waals surface area contributed by atoms with E-state index in [1.54, 1.807) is 0 Å². The van der Waals surface area contributed by atoms with Crippen LogP contribution in [0, 0.1) is 0 Å². The lowest BCUT2D eigenvalue weighted by molar-refractivity contribution is -0.136. The van der Waals surface area contributed by atoms with Crippen molar-refractivity contribution in [2.75, 3.05) is 0 Å². The lowest BCUT2D eigenvalue weighted by atomic mass is 10.2. The first-order chi connectivity index (χ1) is 5.83. The zero-order valence-electron chi connectivity index (χ0n) is 7.38. The molecular formula is C10H14O2. The van der Waals surface area contributed by atoms with Crippen LogP contribution in [0.3, 0.4) is 0 Å². The standard InChI is InChI=1S/C10H14O2/c1-2-3-4-5-6-9-7-8-10(11)12-9/h3-4,7H,2,5-6,8H2,1H3/b4-3-. The van der Waals surface area contributed by atoms with Gasteiger partial charge in [-0.1, -0.05) is 19.1 Å². The Hall–Kier alpha value is -1.05. The van der Waals surface area contributed by atoms with Gasteiger partial charge in [0.2, 0.25) is 0 Å². The molecule has 0 unspecified atom stereocenters. The third kappa shape index (κ3) is 2.91. The van der Waals surface area contributed by atoms with E-state index in [1.807, 2.05) is 6.08 Å². The number of carbonyl (C=O) groups is 1. The van der Waals surface area contributed by atoms with Crippen LogP contribution in [0.15, 0.2) is 24.0 Å². The van der Waals surface area contributed by atoms with Crippen LogP contribution in [0.25, 0.3) is 0 Å². The van der Waals surface area contributed by atoms with Crippen molar-refractivity contribution in [3.8, 4) is 0 Å². The summed E-state index contributed by atoms with van der Waals surface area (Å²) in [5.74, 6) is 0.713. The first-order valence-electron chi connectivity index (χ1n) is 4.37. The van der Waals surface area contributed by atoms with Gasteiger partial charge in [-0.05, 0) is 18.9 Å². The molecule has 2 heteroatoms. The van der Waals surface area contributed by atoms with Crippen LogP contribution in [0.1, 0.15) is 32.6 Å². The van der Waals surface area contributed by atoms with E-state index in [2.05, 4.69) is 19.1 Å². The zero-order chi connectivity index (χ0) is 8.81. The Morgan fingerprint density at radius 1 is 1.58 bits per heavy atom. The smallest absolute Gasteiger partial charge is 0.314 e. The topological polar surface area (TPSA) is 26.3 Å². The van der Waals surface area contributed by atoms with Gasteiger partial charge in [0, 0.05) is 6.42 Å². The number of ether oxygens (including phenoxy) is 1. The molecular weight excluding hydrogens is 152 g/mol. The van der Waals surface area contributed by atoms with Crippen LogP contribution in [0.4, 0.5) is 0 Å². The zero-order valence-corrected chi connectivity index (χ0v) is 7.38. The van der Waals surface area contributed by atoms with Gasteiger partial charge in [-0.3, -0.25) is 4.79 Å². The van der Waals surface area contributed by atoms with Crippen molar-refractivity contribution in [2.45, 2.75) is 32.6 Å². The van der Waals surface area contributed by atoms with Gasteiger partial charge in [0.15, 0.2) is 0 Å². The maximum Gasteiger partial charge on any atom is 0.314 e. The minimum atomic E-state index is -0.121. The molecule has 0 N–H and O–H groups in total. The van der Waals surface area contributed by atoms with Crippen molar-refractivity contribution < 1.29 is 9.53 Å². The molecule has 0 saturated carbocycles. The maximum atomic E-state index is 10.7. The summed E-state index contributed by atoms with van der Waals surface area (Å²) in [6.07, 6.45) is 9.44. The molecule has 0 amide bonds. The first kappa shape index (κ1) is 9.04. The quantitative estimate of drug-likeness (QED) is 0.474. The Morgan fingerprint density at radius 3 is 3.00 bits per heavy atom. The summed E-state index contributed by atoms with van der Waals surface area (Å²) in [6, 6.07) is 0. The molecule has 0 atom stereocenters. The average molecular weight is 166 g/mol. The fourth-order valence-corrected chi connectivity index (χ4v) is 1.09. The molecule has 1 rings (SSSR count). The molecule has 0 aliphatic carbocycles. The summed E-state index contributed by atoms with van der Waals surface area (Å²) < 4.78 is 4.93. The Balaban J connectivity index is 2.16. The molecule has 2 nitrogen and oxygen atoms in total. The number of carbonyl (C=O) groups excluding carboxylic acids is 1. The van der Waals surface area contributed by atoms with Crippen LogP contribution >= 0.6 is 0 Å². The summed E-state index contributed by atoms with van der Waals surface area (Å²) in [6.45, 7) is 2.10. The summed E-state index contributed by atoms with van der Waals surface area (Å²) in [5, 5.41) is 0. The van der Waals surface area contributed by atoms with Crippen molar-refractivity contribution in [3.05, 3.63) is 24.0 Å². The van der Waals surface area contributed by atoms with E-state index in [9.17, 15) is 4.79 Å². The predicted molar refractivity (Wildman–Crippen MR) is 47.5 cm³/mol. The van der Waals surface area contributed by atoms with E-state index in [0.717, 1.165) is 25.0 Å². The number of rotatable bonds is 4. The molecule has 1 aliphatic heterocycles. The van der Waals surface area contributed by atoms with Crippen LogP contribution < -0.4 is 0 Å². The van der Waals surface area contributed by atoms with Gasteiger partial charge in [0.1, 0.15) is 5.76 Å². The second kappa shape index (κ2) is 4.75. The normalized spacial score (nSPS) is 16.8. The van der Waals surface area contributed by atoms with Gasteiger partial charge in [-0.2, -0.15) is 0 Å². The van der Waals surface area contributed by atoms with E-state index in [1.165, 1.54) is 0 Å². The highest BCUT2D eigenvalue weighted by Gasteiger charge is 2.12. The summed E-state index contributed by atoms with van der Waals surface area (Å²) in [4.78, 5) is 10.7. The van der Waals surface area contributed by atoms with Crippen LogP contribution in [0.5, 0.6) is 0 Å². The fraction of sp³-hybridized carbons (Fsp3) is 0.500. The molecule has 1 heterocycles. The van der Waals surface area contributed by atoms with Crippen LogP contribution in [-0.2, 0) is 9.53 Å².